The van der Waals surface area contributed by atoms with Crippen molar-refractivity contribution < 1.29 is 8.91 Å². The molecule has 3 heterocycles. The number of piperazine rings is 1. The smallest absolute Gasteiger partial charge is 0.186 e. The number of aromatic nitrogens is 3. The predicted octanol–water partition coefficient (Wildman–Crippen LogP) is 2.39. The Kier molecular flexibility index (Phi) is 3.86. The number of halogens is 1. The molecule has 124 valence electrons. The van der Waals surface area contributed by atoms with Crippen LogP contribution in [-0.4, -0.2) is 46.2 Å². The fraction of sp³-hybridized carbons (Fsp3) is 0.353. The first-order valence-corrected chi connectivity index (χ1v) is 8.00. The molecule has 0 saturated carbocycles. The van der Waals surface area contributed by atoms with E-state index in [4.69, 9.17) is 4.52 Å². The number of anilines is 1. The van der Waals surface area contributed by atoms with Crippen molar-refractivity contribution >= 4 is 16.8 Å². The Morgan fingerprint density at radius 3 is 2.75 bits per heavy atom. The van der Waals surface area contributed by atoms with Crippen LogP contribution in [0.4, 0.5) is 10.2 Å². The standard InChI is InChI=1S/C17H18FN5O/c1-12-16(18)17(20-11-19-12)23-8-6-22(7-9-23)10-14-13-4-2-3-5-15(13)24-21-14/h2-5,11H,6-10H2,1H3. The maximum atomic E-state index is 14.2. The molecule has 3 aromatic rings. The van der Waals surface area contributed by atoms with Crippen molar-refractivity contribution in [3.05, 3.63) is 47.8 Å². The van der Waals surface area contributed by atoms with E-state index in [0.29, 0.717) is 11.5 Å². The molecule has 1 aromatic carbocycles. The van der Waals surface area contributed by atoms with Crippen LogP contribution in [0.15, 0.2) is 35.1 Å². The Hall–Kier alpha value is -2.54. The van der Waals surface area contributed by atoms with Gasteiger partial charge in [0.25, 0.3) is 0 Å². The highest BCUT2D eigenvalue weighted by Gasteiger charge is 2.22. The molecule has 4 rings (SSSR count). The van der Waals surface area contributed by atoms with Crippen LogP contribution in [0.2, 0.25) is 0 Å². The Morgan fingerprint density at radius 2 is 1.92 bits per heavy atom. The van der Waals surface area contributed by atoms with Gasteiger partial charge in [0.1, 0.15) is 12.0 Å². The maximum Gasteiger partial charge on any atom is 0.186 e. The summed E-state index contributed by atoms with van der Waals surface area (Å²) in [6.07, 6.45) is 1.42. The van der Waals surface area contributed by atoms with Gasteiger partial charge >= 0.3 is 0 Å². The molecule has 0 aliphatic carbocycles. The van der Waals surface area contributed by atoms with Gasteiger partial charge in [-0.25, -0.2) is 14.4 Å². The minimum atomic E-state index is -0.326. The van der Waals surface area contributed by atoms with Gasteiger partial charge in [0.15, 0.2) is 17.2 Å². The van der Waals surface area contributed by atoms with Crippen LogP contribution in [-0.2, 0) is 6.54 Å². The summed E-state index contributed by atoms with van der Waals surface area (Å²) < 4.78 is 19.5. The molecular weight excluding hydrogens is 309 g/mol. The largest absolute Gasteiger partial charge is 0.356 e. The summed E-state index contributed by atoms with van der Waals surface area (Å²) >= 11 is 0. The Morgan fingerprint density at radius 1 is 1.12 bits per heavy atom. The van der Waals surface area contributed by atoms with Gasteiger partial charge in [0, 0.05) is 38.1 Å². The lowest BCUT2D eigenvalue weighted by Gasteiger charge is -2.35. The fourth-order valence-electron chi connectivity index (χ4n) is 3.05. The zero-order chi connectivity index (χ0) is 16.5. The minimum Gasteiger partial charge on any atom is -0.356 e. The van der Waals surface area contributed by atoms with Gasteiger partial charge in [0.05, 0.1) is 5.69 Å². The Balaban J connectivity index is 1.44. The summed E-state index contributed by atoms with van der Waals surface area (Å²) in [5, 5.41) is 5.23. The van der Waals surface area contributed by atoms with Gasteiger partial charge in [0.2, 0.25) is 0 Å². The van der Waals surface area contributed by atoms with E-state index in [1.165, 1.54) is 6.33 Å². The molecule has 6 nitrogen and oxygen atoms in total. The van der Waals surface area contributed by atoms with Crippen molar-refractivity contribution in [2.24, 2.45) is 0 Å². The highest BCUT2D eigenvalue weighted by Crippen LogP contribution is 2.22. The van der Waals surface area contributed by atoms with Gasteiger partial charge in [-0.05, 0) is 19.1 Å². The fourth-order valence-corrected chi connectivity index (χ4v) is 3.05. The highest BCUT2D eigenvalue weighted by molar-refractivity contribution is 5.79. The lowest BCUT2D eigenvalue weighted by molar-refractivity contribution is 0.242. The number of nitrogens with zero attached hydrogens (tertiary/aromatic N) is 5. The second kappa shape index (κ2) is 6.16. The van der Waals surface area contributed by atoms with Gasteiger partial charge in [-0.1, -0.05) is 17.3 Å². The van der Waals surface area contributed by atoms with Crippen LogP contribution in [0.3, 0.4) is 0 Å². The van der Waals surface area contributed by atoms with Gasteiger partial charge < -0.3 is 9.42 Å². The molecule has 2 aromatic heterocycles. The van der Waals surface area contributed by atoms with Crippen molar-refractivity contribution in [3.63, 3.8) is 0 Å². The van der Waals surface area contributed by atoms with E-state index in [-0.39, 0.29) is 5.82 Å². The van der Waals surface area contributed by atoms with Crippen molar-refractivity contribution in [2.45, 2.75) is 13.5 Å². The SMILES string of the molecule is Cc1ncnc(N2CCN(Cc3noc4ccccc34)CC2)c1F. The average Bonchev–Trinajstić information content (AvgIpc) is 3.01. The van der Waals surface area contributed by atoms with Crippen LogP contribution in [0.25, 0.3) is 11.0 Å². The molecule has 1 fully saturated rings. The number of aryl methyl sites for hydroxylation is 1. The normalized spacial score (nSPS) is 16.0. The molecule has 1 aliphatic rings. The third kappa shape index (κ3) is 2.71. The number of hydrogen-bond donors (Lipinski definition) is 0. The van der Waals surface area contributed by atoms with E-state index in [1.54, 1.807) is 6.92 Å². The molecule has 0 atom stereocenters. The molecule has 7 heteroatoms. The first-order valence-electron chi connectivity index (χ1n) is 8.00. The lowest BCUT2D eigenvalue weighted by Crippen LogP contribution is -2.46. The Bertz CT molecular complexity index is 857. The van der Waals surface area contributed by atoms with Gasteiger partial charge in [-0.3, -0.25) is 4.90 Å². The van der Waals surface area contributed by atoms with Gasteiger partial charge in [-0.15, -0.1) is 0 Å². The summed E-state index contributed by atoms with van der Waals surface area (Å²) in [6.45, 7) is 5.49. The molecule has 0 unspecified atom stereocenters. The molecule has 1 aliphatic heterocycles. The third-order valence-electron chi connectivity index (χ3n) is 4.44. The summed E-state index contributed by atoms with van der Waals surface area (Å²) in [4.78, 5) is 12.3. The van der Waals surface area contributed by atoms with E-state index in [2.05, 4.69) is 20.0 Å². The molecular formula is C17H18FN5O. The predicted molar refractivity (Wildman–Crippen MR) is 88.2 cm³/mol. The van der Waals surface area contributed by atoms with Crippen LogP contribution in [0, 0.1) is 12.7 Å². The Labute approximate surface area is 138 Å². The molecule has 0 spiro atoms. The average molecular weight is 327 g/mol. The van der Waals surface area contributed by atoms with Crippen molar-refractivity contribution in [1.82, 2.24) is 20.0 Å². The van der Waals surface area contributed by atoms with E-state index >= 15 is 0 Å². The third-order valence-corrected chi connectivity index (χ3v) is 4.44. The summed E-state index contributed by atoms with van der Waals surface area (Å²) in [5.74, 6) is 0.0717. The molecule has 0 N–H and O–H groups in total. The number of rotatable bonds is 3. The van der Waals surface area contributed by atoms with Crippen LogP contribution in [0.1, 0.15) is 11.4 Å². The first-order chi connectivity index (χ1) is 11.7. The monoisotopic (exact) mass is 327 g/mol. The zero-order valence-corrected chi connectivity index (χ0v) is 13.4. The molecule has 1 saturated heterocycles. The summed E-state index contributed by atoms with van der Waals surface area (Å²) in [6, 6.07) is 7.87. The van der Waals surface area contributed by atoms with Crippen LogP contribution in [0.5, 0.6) is 0 Å². The second-order valence-corrected chi connectivity index (χ2v) is 5.99. The molecule has 24 heavy (non-hydrogen) atoms. The number of fused-ring (bicyclic) bond motifs is 1. The quantitative estimate of drug-likeness (QED) is 0.736. The summed E-state index contributed by atoms with van der Waals surface area (Å²) in [7, 11) is 0. The van der Waals surface area contributed by atoms with Crippen molar-refractivity contribution in [3.8, 4) is 0 Å². The lowest BCUT2D eigenvalue weighted by atomic mass is 10.2. The van der Waals surface area contributed by atoms with E-state index in [0.717, 1.165) is 49.4 Å². The number of benzene rings is 1. The molecule has 0 radical (unpaired) electrons. The van der Waals surface area contributed by atoms with Crippen LogP contribution >= 0.6 is 0 Å². The van der Waals surface area contributed by atoms with E-state index in [1.807, 2.05) is 29.2 Å². The van der Waals surface area contributed by atoms with Crippen molar-refractivity contribution in [1.29, 1.82) is 0 Å². The summed E-state index contributed by atoms with van der Waals surface area (Å²) in [5.41, 5.74) is 2.14. The van der Waals surface area contributed by atoms with E-state index < -0.39 is 0 Å². The number of para-hydroxylation sites is 1. The van der Waals surface area contributed by atoms with Crippen LogP contribution < -0.4 is 4.90 Å². The topological polar surface area (TPSA) is 58.3 Å². The zero-order valence-electron chi connectivity index (χ0n) is 13.4. The maximum absolute atomic E-state index is 14.2. The molecule has 0 amide bonds. The highest BCUT2D eigenvalue weighted by atomic mass is 19.1. The second-order valence-electron chi connectivity index (χ2n) is 5.99. The van der Waals surface area contributed by atoms with Crippen molar-refractivity contribution in [2.75, 3.05) is 31.1 Å². The number of hydrogen-bond acceptors (Lipinski definition) is 6. The minimum absolute atomic E-state index is 0.326. The first kappa shape index (κ1) is 15.0. The molecule has 0 bridgehead atoms. The van der Waals surface area contributed by atoms with Gasteiger partial charge in [-0.2, -0.15) is 0 Å². The van der Waals surface area contributed by atoms with E-state index in [9.17, 15) is 4.39 Å².